The smallest absolute Gasteiger partial charge is 0.220 e. The van der Waals surface area contributed by atoms with Gasteiger partial charge >= 0.3 is 0 Å². The summed E-state index contributed by atoms with van der Waals surface area (Å²) in [4.78, 5) is 18.5. The molecule has 1 fully saturated rings. The first kappa shape index (κ1) is 20.5. The molecule has 1 aromatic carbocycles. The van der Waals surface area contributed by atoms with Gasteiger partial charge in [-0.05, 0) is 42.9 Å². The average Bonchev–Trinajstić information content (AvgIpc) is 2.75. The highest BCUT2D eigenvalue weighted by atomic mass is 16.5. The fourth-order valence-corrected chi connectivity index (χ4v) is 3.52. The van der Waals surface area contributed by atoms with Crippen molar-refractivity contribution < 1.29 is 9.53 Å². The average molecular weight is 382 g/mol. The van der Waals surface area contributed by atoms with Gasteiger partial charge in [-0.3, -0.25) is 14.7 Å². The summed E-state index contributed by atoms with van der Waals surface area (Å²) >= 11 is 0. The van der Waals surface area contributed by atoms with E-state index < -0.39 is 0 Å². The molecule has 0 unspecified atom stereocenters. The topological polar surface area (TPSA) is 54.5 Å². The van der Waals surface area contributed by atoms with Crippen LogP contribution >= 0.6 is 0 Å². The number of aromatic nitrogens is 1. The Morgan fingerprint density at radius 3 is 2.64 bits per heavy atom. The second-order valence-corrected chi connectivity index (χ2v) is 7.40. The van der Waals surface area contributed by atoms with Gasteiger partial charge in [-0.25, -0.2) is 0 Å². The predicted octanol–water partition coefficient (Wildman–Crippen LogP) is 3.20. The molecule has 1 aliphatic rings. The Morgan fingerprint density at radius 1 is 1.11 bits per heavy atom. The van der Waals surface area contributed by atoms with Crippen LogP contribution in [-0.4, -0.2) is 48.1 Å². The van der Waals surface area contributed by atoms with Gasteiger partial charge in [-0.15, -0.1) is 0 Å². The molecule has 0 atom stereocenters. The maximum absolute atomic E-state index is 11.9. The molecule has 5 heteroatoms. The molecular weight excluding hydrogens is 350 g/mol. The molecule has 1 aromatic heterocycles. The zero-order valence-electron chi connectivity index (χ0n) is 16.6. The summed E-state index contributed by atoms with van der Waals surface area (Å²) < 4.78 is 6.01. The summed E-state index contributed by atoms with van der Waals surface area (Å²) in [6.07, 6.45) is 8.19. The number of nitrogens with one attached hydrogen (secondary N) is 1. The molecule has 1 N–H and O–H groups in total. The van der Waals surface area contributed by atoms with Crippen molar-refractivity contribution in [2.45, 2.75) is 44.8 Å². The summed E-state index contributed by atoms with van der Waals surface area (Å²) in [6.45, 7) is 4.60. The Kier molecular flexibility index (Phi) is 8.47. The first-order chi connectivity index (χ1) is 13.8. The molecule has 1 aliphatic heterocycles. The number of hydrogen-bond donors (Lipinski definition) is 1. The van der Waals surface area contributed by atoms with E-state index in [4.69, 9.17) is 4.74 Å². The standard InChI is InChI=1S/C23H31N3O2/c27-23(10-9-20-8-4-13-24-18-20)25-14-5-17-28-22-11-15-26(16-12-22)19-21-6-2-1-3-7-21/h1-4,6-8,13,18,22H,5,9-12,14-17,19H2,(H,25,27). The summed E-state index contributed by atoms with van der Waals surface area (Å²) in [7, 11) is 0. The lowest BCUT2D eigenvalue weighted by atomic mass is 10.1. The molecule has 0 saturated carbocycles. The lowest BCUT2D eigenvalue weighted by Crippen LogP contribution is -2.36. The van der Waals surface area contributed by atoms with Gasteiger partial charge in [0.1, 0.15) is 0 Å². The number of pyridine rings is 1. The van der Waals surface area contributed by atoms with Gasteiger partial charge in [0.25, 0.3) is 0 Å². The van der Waals surface area contributed by atoms with E-state index in [1.165, 1.54) is 5.56 Å². The molecule has 0 bridgehead atoms. The third-order valence-corrected chi connectivity index (χ3v) is 5.14. The van der Waals surface area contributed by atoms with Gasteiger partial charge in [-0.1, -0.05) is 36.4 Å². The van der Waals surface area contributed by atoms with Crippen LogP contribution in [0.5, 0.6) is 0 Å². The summed E-state index contributed by atoms with van der Waals surface area (Å²) in [5.41, 5.74) is 2.47. The Bertz CT molecular complexity index is 686. The van der Waals surface area contributed by atoms with Crippen molar-refractivity contribution in [1.82, 2.24) is 15.2 Å². The minimum Gasteiger partial charge on any atom is -0.378 e. The van der Waals surface area contributed by atoms with Crippen molar-refractivity contribution in [2.24, 2.45) is 0 Å². The van der Waals surface area contributed by atoms with Crippen molar-refractivity contribution in [3.8, 4) is 0 Å². The quantitative estimate of drug-likeness (QED) is 0.642. The van der Waals surface area contributed by atoms with Crippen molar-refractivity contribution >= 4 is 5.91 Å². The van der Waals surface area contributed by atoms with Crippen molar-refractivity contribution in [3.05, 3.63) is 66.0 Å². The SMILES string of the molecule is O=C(CCc1cccnc1)NCCCOC1CCN(Cc2ccccc2)CC1. The summed E-state index contributed by atoms with van der Waals surface area (Å²) in [5.74, 6) is 0.0954. The minimum absolute atomic E-state index is 0.0954. The van der Waals surface area contributed by atoms with Gasteiger partial charge in [0.15, 0.2) is 0 Å². The van der Waals surface area contributed by atoms with Crippen molar-refractivity contribution in [2.75, 3.05) is 26.2 Å². The number of nitrogens with zero attached hydrogens (tertiary/aromatic N) is 2. The van der Waals surface area contributed by atoms with E-state index >= 15 is 0 Å². The van der Waals surface area contributed by atoms with Gasteiger partial charge in [0.05, 0.1) is 6.10 Å². The van der Waals surface area contributed by atoms with Crippen LogP contribution in [0.2, 0.25) is 0 Å². The molecule has 0 aliphatic carbocycles. The summed E-state index contributed by atoms with van der Waals surface area (Å²) in [5, 5.41) is 2.98. The van der Waals surface area contributed by atoms with E-state index in [0.29, 0.717) is 25.7 Å². The molecule has 3 rings (SSSR count). The molecular formula is C23H31N3O2. The van der Waals surface area contributed by atoms with Gasteiger partial charge in [0.2, 0.25) is 5.91 Å². The lowest BCUT2D eigenvalue weighted by molar-refractivity contribution is -0.121. The molecule has 0 radical (unpaired) electrons. The van der Waals surface area contributed by atoms with E-state index in [2.05, 4.69) is 45.5 Å². The Balaban J connectivity index is 1.20. The normalized spacial score (nSPS) is 15.4. The Labute approximate surface area is 168 Å². The van der Waals surface area contributed by atoms with Crippen LogP contribution in [-0.2, 0) is 22.5 Å². The third-order valence-electron chi connectivity index (χ3n) is 5.14. The van der Waals surface area contributed by atoms with Crippen LogP contribution in [0.3, 0.4) is 0 Å². The maximum Gasteiger partial charge on any atom is 0.220 e. The number of ether oxygens (including phenoxy) is 1. The van der Waals surface area contributed by atoms with Crippen LogP contribution < -0.4 is 5.32 Å². The zero-order valence-corrected chi connectivity index (χ0v) is 16.6. The van der Waals surface area contributed by atoms with E-state index in [9.17, 15) is 4.79 Å². The molecule has 5 nitrogen and oxygen atoms in total. The number of carbonyl (C=O) groups is 1. The van der Waals surface area contributed by atoms with E-state index in [1.54, 1.807) is 6.20 Å². The second-order valence-electron chi connectivity index (χ2n) is 7.40. The number of hydrogen-bond acceptors (Lipinski definition) is 4. The third kappa shape index (κ3) is 7.41. The van der Waals surface area contributed by atoms with Crippen molar-refractivity contribution in [1.29, 1.82) is 0 Å². The zero-order chi connectivity index (χ0) is 19.4. The fourth-order valence-electron chi connectivity index (χ4n) is 3.52. The predicted molar refractivity (Wildman–Crippen MR) is 111 cm³/mol. The van der Waals surface area contributed by atoms with E-state index in [1.807, 2.05) is 18.3 Å². The van der Waals surface area contributed by atoms with Crippen LogP contribution in [0.15, 0.2) is 54.9 Å². The van der Waals surface area contributed by atoms with Crippen LogP contribution in [0.1, 0.15) is 36.8 Å². The highest BCUT2D eigenvalue weighted by Gasteiger charge is 2.19. The molecule has 0 spiro atoms. The molecule has 2 aromatic rings. The number of piperidine rings is 1. The maximum atomic E-state index is 11.9. The molecule has 28 heavy (non-hydrogen) atoms. The number of amides is 1. The number of likely N-dealkylation sites (tertiary alicyclic amines) is 1. The highest BCUT2D eigenvalue weighted by Crippen LogP contribution is 2.16. The fraction of sp³-hybridized carbons (Fsp3) is 0.478. The second kappa shape index (κ2) is 11.6. The Hall–Kier alpha value is -2.24. The highest BCUT2D eigenvalue weighted by molar-refractivity contribution is 5.76. The Morgan fingerprint density at radius 2 is 1.89 bits per heavy atom. The van der Waals surface area contributed by atoms with Gasteiger partial charge < -0.3 is 10.1 Å². The molecule has 1 amide bonds. The first-order valence-electron chi connectivity index (χ1n) is 10.3. The number of rotatable bonds is 10. The monoisotopic (exact) mass is 381 g/mol. The summed E-state index contributed by atoms with van der Waals surface area (Å²) in [6, 6.07) is 14.5. The molecule has 1 saturated heterocycles. The first-order valence-corrected chi connectivity index (χ1v) is 10.3. The molecule has 150 valence electrons. The van der Waals surface area contributed by atoms with Gasteiger partial charge in [0, 0.05) is 51.6 Å². The largest absolute Gasteiger partial charge is 0.378 e. The number of benzene rings is 1. The van der Waals surface area contributed by atoms with Crippen LogP contribution in [0, 0.1) is 0 Å². The lowest BCUT2D eigenvalue weighted by Gasteiger charge is -2.32. The number of carbonyl (C=O) groups excluding carboxylic acids is 1. The van der Waals surface area contributed by atoms with Crippen LogP contribution in [0.4, 0.5) is 0 Å². The van der Waals surface area contributed by atoms with Gasteiger partial charge in [-0.2, -0.15) is 0 Å². The minimum atomic E-state index is 0.0954. The van der Waals surface area contributed by atoms with E-state index in [0.717, 1.165) is 50.9 Å². The number of aryl methyl sites for hydroxylation is 1. The molecule has 2 heterocycles. The van der Waals surface area contributed by atoms with Crippen LogP contribution in [0.25, 0.3) is 0 Å². The van der Waals surface area contributed by atoms with E-state index in [-0.39, 0.29) is 5.91 Å². The van der Waals surface area contributed by atoms with Crippen molar-refractivity contribution in [3.63, 3.8) is 0 Å².